The number of nitrogens with one attached hydrogen (secondary N) is 2. The maximum absolute atomic E-state index is 13.0. The fraction of sp³-hybridized carbons (Fsp3) is 0.333. The summed E-state index contributed by atoms with van der Waals surface area (Å²) < 4.78 is 13.5. The van der Waals surface area contributed by atoms with Gasteiger partial charge in [-0.15, -0.1) is 0 Å². The van der Waals surface area contributed by atoms with Crippen LogP contribution >= 0.6 is 15.9 Å². The molecule has 0 unspecified atom stereocenters. The number of H-pyrrole nitrogens is 1. The van der Waals surface area contributed by atoms with Gasteiger partial charge in [0.1, 0.15) is 18.0 Å². The van der Waals surface area contributed by atoms with Crippen LogP contribution in [0.2, 0.25) is 0 Å². The Morgan fingerprint density at radius 3 is 3.00 bits per heavy atom. The fourth-order valence-corrected chi connectivity index (χ4v) is 2.04. The van der Waals surface area contributed by atoms with Gasteiger partial charge in [0.15, 0.2) is 0 Å². The van der Waals surface area contributed by atoms with Crippen molar-refractivity contribution >= 4 is 15.9 Å². The minimum atomic E-state index is -0.232. The molecule has 0 saturated heterocycles. The van der Waals surface area contributed by atoms with E-state index in [1.807, 2.05) is 0 Å². The predicted octanol–water partition coefficient (Wildman–Crippen LogP) is 2.43. The predicted molar refractivity (Wildman–Crippen MR) is 70.5 cm³/mol. The zero-order valence-electron chi connectivity index (χ0n) is 9.79. The van der Waals surface area contributed by atoms with E-state index in [-0.39, 0.29) is 5.82 Å². The highest BCUT2D eigenvalue weighted by molar-refractivity contribution is 9.10. The van der Waals surface area contributed by atoms with Crippen molar-refractivity contribution in [3.05, 3.63) is 46.2 Å². The molecule has 1 aromatic heterocycles. The molecule has 2 rings (SSSR count). The number of aryl methyl sites for hydroxylation is 1. The molecule has 0 radical (unpaired) electrons. The first kappa shape index (κ1) is 13.2. The van der Waals surface area contributed by atoms with Crippen molar-refractivity contribution in [2.75, 3.05) is 6.54 Å². The van der Waals surface area contributed by atoms with Gasteiger partial charge in [0, 0.05) is 13.0 Å². The molecule has 96 valence electrons. The van der Waals surface area contributed by atoms with Gasteiger partial charge in [-0.25, -0.2) is 9.37 Å². The SMILES string of the molecule is Fc1ccc(CNCCCc2ncn[nH]2)cc1Br. The minimum absolute atomic E-state index is 0.232. The van der Waals surface area contributed by atoms with E-state index >= 15 is 0 Å². The molecule has 18 heavy (non-hydrogen) atoms. The second-order valence-electron chi connectivity index (χ2n) is 3.96. The number of halogens is 2. The second kappa shape index (κ2) is 6.61. The van der Waals surface area contributed by atoms with E-state index < -0.39 is 0 Å². The van der Waals surface area contributed by atoms with Crippen LogP contribution in [0.3, 0.4) is 0 Å². The first-order valence-corrected chi connectivity index (χ1v) is 6.54. The third kappa shape index (κ3) is 3.89. The van der Waals surface area contributed by atoms with Crippen molar-refractivity contribution in [1.29, 1.82) is 0 Å². The van der Waals surface area contributed by atoms with E-state index in [9.17, 15) is 4.39 Å². The molecule has 2 N–H and O–H groups in total. The smallest absolute Gasteiger partial charge is 0.137 e. The number of hydrogen-bond acceptors (Lipinski definition) is 3. The molecule has 0 saturated carbocycles. The van der Waals surface area contributed by atoms with E-state index in [0.717, 1.165) is 37.3 Å². The third-order valence-corrected chi connectivity index (χ3v) is 3.15. The number of hydrogen-bond donors (Lipinski definition) is 2. The molecule has 0 spiro atoms. The second-order valence-corrected chi connectivity index (χ2v) is 4.82. The van der Waals surface area contributed by atoms with Crippen LogP contribution in [0.4, 0.5) is 4.39 Å². The average Bonchev–Trinajstić information content (AvgIpc) is 2.86. The Morgan fingerprint density at radius 2 is 2.28 bits per heavy atom. The number of nitrogens with zero attached hydrogens (tertiary/aromatic N) is 2. The molecule has 6 heteroatoms. The quantitative estimate of drug-likeness (QED) is 0.805. The van der Waals surface area contributed by atoms with Crippen molar-refractivity contribution < 1.29 is 4.39 Å². The number of rotatable bonds is 6. The lowest BCUT2D eigenvalue weighted by atomic mass is 10.2. The first-order valence-electron chi connectivity index (χ1n) is 5.74. The summed E-state index contributed by atoms with van der Waals surface area (Å²) in [6, 6.07) is 5.04. The zero-order valence-corrected chi connectivity index (χ0v) is 11.4. The minimum Gasteiger partial charge on any atom is -0.313 e. The Kier molecular flexibility index (Phi) is 4.83. The molecule has 1 heterocycles. The van der Waals surface area contributed by atoms with Crippen molar-refractivity contribution in [2.24, 2.45) is 0 Å². The molecular formula is C12H14BrFN4. The number of benzene rings is 1. The molecule has 2 aromatic rings. The van der Waals surface area contributed by atoms with Crippen LogP contribution in [0.1, 0.15) is 17.8 Å². The van der Waals surface area contributed by atoms with E-state index in [2.05, 4.69) is 36.4 Å². The maximum atomic E-state index is 13.0. The van der Waals surface area contributed by atoms with E-state index in [0.29, 0.717) is 4.47 Å². The van der Waals surface area contributed by atoms with Crippen LogP contribution in [0.25, 0.3) is 0 Å². The Hall–Kier alpha value is -1.27. The molecule has 4 nitrogen and oxygen atoms in total. The molecule has 0 aliphatic rings. The summed E-state index contributed by atoms with van der Waals surface area (Å²) in [5, 5.41) is 9.92. The molecular weight excluding hydrogens is 299 g/mol. The van der Waals surface area contributed by atoms with Crippen LogP contribution in [0.15, 0.2) is 29.0 Å². The molecule has 0 aliphatic carbocycles. The van der Waals surface area contributed by atoms with Gasteiger partial charge in [0.2, 0.25) is 0 Å². The molecule has 0 atom stereocenters. The number of aromatic amines is 1. The highest BCUT2D eigenvalue weighted by Gasteiger charge is 2.00. The molecule has 0 fully saturated rings. The molecule has 0 amide bonds. The summed E-state index contributed by atoms with van der Waals surface area (Å²) >= 11 is 3.17. The summed E-state index contributed by atoms with van der Waals surface area (Å²) in [6.07, 6.45) is 3.37. The molecule has 1 aromatic carbocycles. The van der Waals surface area contributed by atoms with Crippen molar-refractivity contribution in [2.45, 2.75) is 19.4 Å². The molecule has 0 aliphatic heterocycles. The Labute approximate surface area is 113 Å². The highest BCUT2D eigenvalue weighted by atomic mass is 79.9. The topological polar surface area (TPSA) is 53.6 Å². The van der Waals surface area contributed by atoms with Gasteiger partial charge in [-0.1, -0.05) is 6.07 Å². The normalized spacial score (nSPS) is 10.8. The van der Waals surface area contributed by atoms with Gasteiger partial charge in [-0.05, 0) is 46.6 Å². The maximum Gasteiger partial charge on any atom is 0.137 e. The van der Waals surface area contributed by atoms with E-state index in [4.69, 9.17) is 0 Å². The Bertz CT molecular complexity index is 487. The van der Waals surface area contributed by atoms with Gasteiger partial charge in [0.25, 0.3) is 0 Å². The lowest BCUT2D eigenvalue weighted by molar-refractivity contribution is 0.615. The van der Waals surface area contributed by atoms with Crippen LogP contribution in [-0.2, 0) is 13.0 Å². The van der Waals surface area contributed by atoms with Crippen molar-refractivity contribution in [3.63, 3.8) is 0 Å². The van der Waals surface area contributed by atoms with E-state index in [1.165, 1.54) is 12.4 Å². The van der Waals surface area contributed by atoms with E-state index in [1.54, 1.807) is 12.1 Å². The van der Waals surface area contributed by atoms with Crippen LogP contribution < -0.4 is 5.32 Å². The monoisotopic (exact) mass is 312 g/mol. The van der Waals surface area contributed by atoms with Crippen LogP contribution in [0, 0.1) is 5.82 Å². The summed E-state index contributed by atoms with van der Waals surface area (Å²) in [7, 11) is 0. The highest BCUT2D eigenvalue weighted by Crippen LogP contribution is 2.16. The average molecular weight is 313 g/mol. The zero-order chi connectivity index (χ0) is 12.8. The van der Waals surface area contributed by atoms with Gasteiger partial charge < -0.3 is 5.32 Å². The van der Waals surface area contributed by atoms with Gasteiger partial charge in [0.05, 0.1) is 4.47 Å². The Morgan fingerprint density at radius 1 is 1.39 bits per heavy atom. The molecule has 0 bridgehead atoms. The lowest BCUT2D eigenvalue weighted by Gasteiger charge is -2.05. The summed E-state index contributed by atoms with van der Waals surface area (Å²) in [4.78, 5) is 4.05. The van der Waals surface area contributed by atoms with Crippen LogP contribution in [-0.4, -0.2) is 21.7 Å². The first-order chi connectivity index (χ1) is 8.75. The van der Waals surface area contributed by atoms with Crippen molar-refractivity contribution in [1.82, 2.24) is 20.5 Å². The third-order valence-electron chi connectivity index (χ3n) is 2.55. The summed E-state index contributed by atoms with van der Waals surface area (Å²) in [5.74, 6) is 0.672. The fourth-order valence-electron chi connectivity index (χ4n) is 1.61. The standard InChI is InChI=1S/C12H14BrFN4/c13-10-6-9(3-4-11(10)14)7-15-5-1-2-12-16-8-17-18-12/h3-4,6,8,15H,1-2,5,7H2,(H,16,17,18). The van der Waals surface area contributed by atoms with Crippen LogP contribution in [0.5, 0.6) is 0 Å². The lowest BCUT2D eigenvalue weighted by Crippen LogP contribution is -2.15. The summed E-state index contributed by atoms with van der Waals surface area (Å²) in [5.41, 5.74) is 1.06. The van der Waals surface area contributed by atoms with Gasteiger partial charge >= 0.3 is 0 Å². The van der Waals surface area contributed by atoms with Gasteiger partial charge in [-0.3, -0.25) is 5.10 Å². The van der Waals surface area contributed by atoms with Crippen molar-refractivity contribution in [3.8, 4) is 0 Å². The number of aromatic nitrogens is 3. The van der Waals surface area contributed by atoms with Gasteiger partial charge in [-0.2, -0.15) is 5.10 Å². The largest absolute Gasteiger partial charge is 0.313 e. The summed E-state index contributed by atoms with van der Waals surface area (Å²) in [6.45, 7) is 1.62. The Balaban J connectivity index is 1.67.